The third-order valence-corrected chi connectivity index (χ3v) is 2.40. The molecule has 2 rings (SSSR count). The molecule has 1 aromatic heterocycles. The molecule has 1 saturated heterocycles. The number of hydrogen-bond acceptors (Lipinski definition) is 3. The van der Waals surface area contributed by atoms with Gasteiger partial charge in [0.15, 0.2) is 0 Å². The second kappa shape index (κ2) is 4.35. The zero-order chi connectivity index (χ0) is 10.7. The summed E-state index contributed by atoms with van der Waals surface area (Å²) in [6, 6.07) is 4.33. The van der Waals surface area contributed by atoms with Crippen molar-refractivity contribution in [2.45, 2.75) is 6.42 Å². The summed E-state index contributed by atoms with van der Waals surface area (Å²) in [5, 5.41) is 5.69. The van der Waals surface area contributed by atoms with Crippen LogP contribution in [0.2, 0.25) is 0 Å². The van der Waals surface area contributed by atoms with Gasteiger partial charge >= 0.3 is 0 Å². The van der Waals surface area contributed by atoms with Crippen LogP contribution in [-0.4, -0.2) is 24.0 Å². The number of anilines is 1. The number of rotatable bonds is 2. The van der Waals surface area contributed by atoms with Crippen LogP contribution in [0.5, 0.6) is 0 Å². The molecule has 80 valence electrons. The van der Waals surface area contributed by atoms with Crippen LogP contribution in [0.4, 0.5) is 10.2 Å². The van der Waals surface area contributed by atoms with Gasteiger partial charge in [-0.15, -0.1) is 0 Å². The van der Waals surface area contributed by atoms with E-state index in [1.807, 2.05) is 0 Å². The van der Waals surface area contributed by atoms with Crippen molar-refractivity contribution in [2.24, 2.45) is 5.92 Å². The lowest BCUT2D eigenvalue weighted by Gasteiger charge is -2.08. The van der Waals surface area contributed by atoms with E-state index in [2.05, 4.69) is 15.6 Å². The van der Waals surface area contributed by atoms with Gasteiger partial charge in [0.2, 0.25) is 11.9 Å². The Morgan fingerprint density at radius 2 is 2.47 bits per heavy atom. The van der Waals surface area contributed by atoms with Crippen molar-refractivity contribution >= 4 is 11.7 Å². The monoisotopic (exact) mass is 209 g/mol. The number of amides is 1. The summed E-state index contributed by atoms with van der Waals surface area (Å²) in [5.41, 5.74) is 0. The zero-order valence-corrected chi connectivity index (χ0v) is 8.16. The van der Waals surface area contributed by atoms with Gasteiger partial charge in [0.25, 0.3) is 0 Å². The second-order valence-corrected chi connectivity index (χ2v) is 3.52. The number of nitrogens with zero attached hydrogens (tertiary/aromatic N) is 1. The fourth-order valence-corrected chi connectivity index (χ4v) is 1.58. The molecule has 4 nitrogen and oxygen atoms in total. The molecular formula is C10H12FN3O. The van der Waals surface area contributed by atoms with Gasteiger partial charge in [-0.3, -0.25) is 4.79 Å². The smallest absolute Gasteiger partial charge is 0.229 e. The van der Waals surface area contributed by atoms with Crippen LogP contribution < -0.4 is 10.6 Å². The Bertz CT molecular complexity index is 363. The van der Waals surface area contributed by atoms with Crippen LogP contribution in [0.3, 0.4) is 0 Å². The summed E-state index contributed by atoms with van der Waals surface area (Å²) in [7, 11) is 0. The molecule has 1 amide bonds. The summed E-state index contributed by atoms with van der Waals surface area (Å²) in [5.74, 6) is -0.447. The van der Waals surface area contributed by atoms with E-state index in [4.69, 9.17) is 0 Å². The fourth-order valence-electron chi connectivity index (χ4n) is 1.58. The van der Waals surface area contributed by atoms with Crippen LogP contribution in [0, 0.1) is 11.9 Å². The first kappa shape index (κ1) is 10.0. The third-order valence-electron chi connectivity index (χ3n) is 2.40. The molecule has 1 fully saturated rings. The predicted molar refractivity (Wildman–Crippen MR) is 53.8 cm³/mol. The van der Waals surface area contributed by atoms with Gasteiger partial charge in [-0.2, -0.15) is 4.39 Å². The third kappa shape index (κ3) is 2.50. The van der Waals surface area contributed by atoms with E-state index in [0.717, 1.165) is 13.0 Å². The highest BCUT2D eigenvalue weighted by molar-refractivity contribution is 5.91. The van der Waals surface area contributed by atoms with E-state index in [-0.39, 0.29) is 17.6 Å². The van der Waals surface area contributed by atoms with Crippen molar-refractivity contribution in [2.75, 3.05) is 18.4 Å². The van der Waals surface area contributed by atoms with Crippen LogP contribution in [0.15, 0.2) is 18.2 Å². The molecular weight excluding hydrogens is 197 g/mol. The van der Waals surface area contributed by atoms with E-state index >= 15 is 0 Å². The SMILES string of the molecule is O=C(Nc1cccc(F)n1)C1CCNC1. The van der Waals surface area contributed by atoms with Crippen LogP contribution in [-0.2, 0) is 4.79 Å². The Morgan fingerprint density at radius 1 is 1.60 bits per heavy atom. The van der Waals surface area contributed by atoms with Gasteiger partial charge in [-0.25, -0.2) is 4.98 Å². The second-order valence-electron chi connectivity index (χ2n) is 3.52. The van der Waals surface area contributed by atoms with Crippen molar-refractivity contribution in [1.82, 2.24) is 10.3 Å². The minimum absolute atomic E-state index is 0.0323. The van der Waals surface area contributed by atoms with E-state index in [9.17, 15) is 9.18 Å². The topological polar surface area (TPSA) is 54.0 Å². The highest BCUT2D eigenvalue weighted by Gasteiger charge is 2.22. The average Bonchev–Trinajstić information content (AvgIpc) is 2.70. The minimum Gasteiger partial charge on any atom is -0.316 e. The molecule has 0 saturated carbocycles. The summed E-state index contributed by atoms with van der Waals surface area (Å²) in [6.45, 7) is 1.54. The Morgan fingerprint density at radius 3 is 3.13 bits per heavy atom. The number of halogens is 1. The number of carbonyl (C=O) groups is 1. The first-order valence-electron chi connectivity index (χ1n) is 4.90. The molecule has 0 bridgehead atoms. The average molecular weight is 209 g/mol. The van der Waals surface area contributed by atoms with Crippen molar-refractivity contribution in [3.8, 4) is 0 Å². The largest absolute Gasteiger partial charge is 0.316 e. The lowest BCUT2D eigenvalue weighted by Crippen LogP contribution is -2.25. The van der Waals surface area contributed by atoms with Gasteiger partial charge in [-0.1, -0.05) is 6.07 Å². The Kier molecular flexibility index (Phi) is 2.91. The molecule has 2 heterocycles. The van der Waals surface area contributed by atoms with Gasteiger partial charge in [0.1, 0.15) is 5.82 Å². The Balaban J connectivity index is 1.99. The lowest BCUT2D eigenvalue weighted by molar-refractivity contribution is -0.119. The first-order chi connectivity index (χ1) is 7.25. The van der Waals surface area contributed by atoms with Crippen LogP contribution in [0.1, 0.15) is 6.42 Å². The van der Waals surface area contributed by atoms with Crippen molar-refractivity contribution < 1.29 is 9.18 Å². The van der Waals surface area contributed by atoms with Crippen molar-refractivity contribution in [3.63, 3.8) is 0 Å². The number of hydrogen-bond donors (Lipinski definition) is 2. The van der Waals surface area contributed by atoms with E-state index in [1.165, 1.54) is 12.1 Å². The maximum atomic E-state index is 12.7. The van der Waals surface area contributed by atoms with Crippen molar-refractivity contribution in [3.05, 3.63) is 24.1 Å². The van der Waals surface area contributed by atoms with E-state index in [0.29, 0.717) is 6.54 Å². The Hall–Kier alpha value is -1.49. The zero-order valence-electron chi connectivity index (χ0n) is 8.16. The molecule has 1 atom stereocenters. The number of carbonyl (C=O) groups excluding carboxylic acids is 1. The van der Waals surface area contributed by atoms with Gasteiger partial charge in [0.05, 0.1) is 5.92 Å². The van der Waals surface area contributed by atoms with Crippen molar-refractivity contribution in [1.29, 1.82) is 0 Å². The molecule has 0 aliphatic carbocycles. The van der Waals surface area contributed by atoms with E-state index < -0.39 is 5.95 Å². The molecule has 2 N–H and O–H groups in total. The lowest BCUT2D eigenvalue weighted by atomic mass is 10.1. The molecule has 1 aliphatic heterocycles. The maximum Gasteiger partial charge on any atom is 0.229 e. The van der Waals surface area contributed by atoms with Gasteiger partial charge in [0, 0.05) is 6.54 Å². The molecule has 1 aromatic rings. The number of pyridine rings is 1. The molecule has 1 aliphatic rings. The molecule has 15 heavy (non-hydrogen) atoms. The standard InChI is InChI=1S/C10H12FN3O/c11-8-2-1-3-9(13-8)14-10(15)7-4-5-12-6-7/h1-3,7,12H,4-6H2,(H,13,14,15). The maximum absolute atomic E-state index is 12.7. The van der Waals surface area contributed by atoms with Crippen LogP contribution >= 0.6 is 0 Å². The molecule has 1 unspecified atom stereocenters. The summed E-state index contributed by atoms with van der Waals surface area (Å²) >= 11 is 0. The summed E-state index contributed by atoms with van der Waals surface area (Å²) < 4.78 is 12.7. The molecule has 0 spiro atoms. The highest BCUT2D eigenvalue weighted by atomic mass is 19.1. The summed E-state index contributed by atoms with van der Waals surface area (Å²) in [4.78, 5) is 15.2. The first-order valence-corrected chi connectivity index (χ1v) is 4.90. The van der Waals surface area contributed by atoms with Crippen LogP contribution in [0.25, 0.3) is 0 Å². The fraction of sp³-hybridized carbons (Fsp3) is 0.400. The summed E-state index contributed by atoms with van der Waals surface area (Å²) in [6.07, 6.45) is 0.821. The number of aromatic nitrogens is 1. The highest BCUT2D eigenvalue weighted by Crippen LogP contribution is 2.11. The minimum atomic E-state index is -0.586. The van der Waals surface area contributed by atoms with E-state index in [1.54, 1.807) is 6.07 Å². The predicted octanol–water partition coefficient (Wildman–Crippen LogP) is 0.769. The normalized spacial score (nSPS) is 20.2. The molecule has 0 aromatic carbocycles. The molecule has 0 radical (unpaired) electrons. The number of nitrogens with one attached hydrogen (secondary N) is 2. The van der Waals surface area contributed by atoms with Gasteiger partial charge < -0.3 is 10.6 Å². The Labute approximate surface area is 86.9 Å². The van der Waals surface area contributed by atoms with Gasteiger partial charge in [-0.05, 0) is 25.1 Å². The molecule has 5 heteroatoms. The quantitative estimate of drug-likeness (QED) is 0.707.